The molecule has 0 aliphatic carbocycles. The highest BCUT2D eigenvalue weighted by Crippen LogP contribution is 2.14. The van der Waals surface area contributed by atoms with Crippen LogP contribution >= 0.6 is 11.3 Å². The van der Waals surface area contributed by atoms with Crippen molar-refractivity contribution in [3.05, 3.63) is 34.8 Å². The van der Waals surface area contributed by atoms with E-state index >= 15 is 0 Å². The summed E-state index contributed by atoms with van der Waals surface area (Å²) in [6.07, 6.45) is 1.81. The molecule has 1 heterocycles. The van der Waals surface area contributed by atoms with E-state index in [9.17, 15) is 0 Å². The number of nitrogens with two attached hydrogens (primary N) is 2. The van der Waals surface area contributed by atoms with Crippen molar-refractivity contribution in [2.24, 2.45) is 0 Å². The third-order valence-corrected chi connectivity index (χ3v) is 2.90. The molecule has 0 fully saturated rings. The molecule has 0 saturated heterocycles. The van der Waals surface area contributed by atoms with Gasteiger partial charge in [0.2, 0.25) is 5.13 Å². The van der Waals surface area contributed by atoms with Gasteiger partial charge in [-0.15, -0.1) is 10.2 Å². The first-order valence-electron chi connectivity index (χ1n) is 4.66. The van der Waals surface area contributed by atoms with Crippen LogP contribution in [0.15, 0.2) is 24.3 Å². The zero-order valence-corrected chi connectivity index (χ0v) is 9.00. The van der Waals surface area contributed by atoms with Gasteiger partial charge in [0, 0.05) is 12.1 Å². The number of nitrogens with zero attached hydrogens (tertiary/aromatic N) is 2. The molecule has 0 amide bonds. The van der Waals surface area contributed by atoms with Crippen molar-refractivity contribution in [3.63, 3.8) is 0 Å². The van der Waals surface area contributed by atoms with Crippen LogP contribution in [-0.4, -0.2) is 10.2 Å². The van der Waals surface area contributed by atoms with Gasteiger partial charge in [-0.2, -0.15) is 0 Å². The molecule has 0 aliphatic heterocycles. The molecule has 15 heavy (non-hydrogen) atoms. The molecule has 0 aliphatic rings. The van der Waals surface area contributed by atoms with Gasteiger partial charge in [-0.3, -0.25) is 0 Å². The molecule has 2 rings (SSSR count). The Morgan fingerprint density at radius 1 is 1.00 bits per heavy atom. The topological polar surface area (TPSA) is 77.8 Å². The van der Waals surface area contributed by atoms with E-state index < -0.39 is 0 Å². The van der Waals surface area contributed by atoms with Gasteiger partial charge >= 0.3 is 0 Å². The maximum atomic E-state index is 5.60. The van der Waals surface area contributed by atoms with Crippen molar-refractivity contribution >= 4 is 22.2 Å². The molecule has 0 radical (unpaired) electrons. The number of aryl methyl sites for hydroxylation is 2. The van der Waals surface area contributed by atoms with E-state index in [0.717, 1.165) is 23.5 Å². The normalized spacial score (nSPS) is 10.4. The van der Waals surface area contributed by atoms with E-state index in [1.165, 1.54) is 16.9 Å². The second-order valence-corrected chi connectivity index (χ2v) is 4.37. The van der Waals surface area contributed by atoms with Gasteiger partial charge in [0.05, 0.1) is 0 Å². The Kier molecular flexibility index (Phi) is 2.82. The van der Waals surface area contributed by atoms with Crippen molar-refractivity contribution < 1.29 is 0 Å². The van der Waals surface area contributed by atoms with Crippen LogP contribution in [0.2, 0.25) is 0 Å². The predicted octanol–water partition coefficient (Wildman–Crippen LogP) is 1.49. The summed E-state index contributed by atoms with van der Waals surface area (Å²) in [7, 11) is 0. The fourth-order valence-corrected chi connectivity index (χ4v) is 1.91. The molecule has 0 atom stereocenters. The fourth-order valence-electron chi connectivity index (χ4n) is 1.30. The van der Waals surface area contributed by atoms with Gasteiger partial charge in [-0.1, -0.05) is 23.5 Å². The summed E-state index contributed by atoms with van der Waals surface area (Å²) in [5, 5.41) is 9.24. The summed E-state index contributed by atoms with van der Waals surface area (Å²) in [5.41, 5.74) is 13.1. The van der Waals surface area contributed by atoms with Crippen LogP contribution in [0, 0.1) is 0 Å². The number of anilines is 2. The number of nitrogen functional groups attached to an aromatic ring is 2. The van der Waals surface area contributed by atoms with Crippen LogP contribution in [0.5, 0.6) is 0 Å². The quantitative estimate of drug-likeness (QED) is 0.768. The van der Waals surface area contributed by atoms with E-state index in [1.807, 2.05) is 24.3 Å². The fraction of sp³-hybridized carbons (Fsp3) is 0.200. The van der Waals surface area contributed by atoms with Crippen LogP contribution in [0.25, 0.3) is 0 Å². The minimum atomic E-state index is 0.530. The molecule has 4 N–H and O–H groups in total. The molecular weight excluding hydrogens is 208 g/mol. The molecule has 4 nitrogen and oxygen atoms in total. The Morgan fingerprint density at radius 3 is 2.33 bits per heavy atom. The summed E-state index contributed by atoms with van der Waals surface area (Å²) in [4.78, 5) is 0. The maximum Gasteiger partial charge on any atom is 0.203 e. The van der Waals surface area contributed by atoms with Gasteiger partial charge in [-0.25, -0.2) is 0 Å². The standard InChI is InChI=1S/C10H12N4S/c11-8-4-1-7(2-5-8)3-6-9-13-14-10(12)15-9/h1-2,4-5H,3,6,11H2,(H2,12,14). The van der Waals surface area contributed by atoms with E-state index in [-0.39, 0.29) is 0 Å². The largest absolute Gasteiger partial charge is 0.399 e. The lowest BCUT2D eigenvalue weighted by atomic mass is 10.1. The van der Waals surface area contributed by atoms with Gasteiger partial charge in [0.25, 0.3) is 0 Å². The third-order valence-electron chi connectivity index (χ3n) is 2.09. The Hall–Kier alpha value is -1.62. The van der Waals surface area contributed by atoms with Crippen molar-refractivity contribution in [3.8, 4) is 0 Å². The number of hydrogen-bond acceptors (Lipinski definition) is 5. The lowest BCUT2D eigenvalue weighted by Crippen LogP contribution is -1.91. The van der Waals surface area contributed by atoms with Crippen LogP contribution in [0.1, 0.15) is 10.6 Å². The molecule has 78 valence electrons. The van der Waals surface area contributed by atoms with Gasteiger partial charge in [0.1, 0.15) is 5.01 Å². The Labute approximate surface area is 91.9 Å². The second kappa shape index (κ2) is 4.27. The average Bonchev–Trinajstić information content (AvgIpc) is 2.64. The number of aromatic nitrogens is 2. The monoisotopic (exact) mass is 220 g/mol. The second-order valence-electron chi connectivity index (χ2n) is 3.28. The molecule has 0 saturated carbocycles. The van der Waals surface area contributed by atoms with Crippen LogP contribution in [0.3, 0.4) is 0 Å². The molecule has 1 aromatic carbocycles. The van der Waals surface area contributed by atoms with Gasteiger partial charge < -0.3 is 11.5 Å². The lowest BCUT2D eigenvalue weighted by Gasteiger charge is -1.99. The Bertz CT molecular complexity index is 435. The first kappa shape index (κ1) is 9.92. The van der Waals surface area contributed by atoms with E-state index in [4.69, 9.17) is 11.5 Å². The van der Waals surface area contributed by atoms with Crippen LogP contribution in [0.4, 0.5) is 10.8 Å². The van der Waals surface area contributed by atoms with Crippen molar-refractivity contribution in [1.82, 2.24) is 10.2 Å². The summed E-state index contributed by atoms with van der Waals surface area (Å²) >= 11 is 1.44. The molecule has 0 spiro atoms. The first-order valence-corrected chi connectivity index (χ1v) is 5.48. The summed E-state index contributed by atoms with van der Waals surface area (Å²) in [5.74, 6) is 0. The number of rotatable bonds is 3. The lowest BCUT2D eigenvalue weighted by molar-refractivity contribution is 0.906. The number of benzene rings is 1. The van der Waals surface area contributed by atoms with E-state index in [0.29, 0.717) is 5.13 Å². The minimum Gasteiger partial charge on any atom is -0.399 e. The molecule has 0 unspecified atom stereocenters. The Morgan fingerprint density at radius 2 is 1.73 bits per heavy atom. The molecule has 0 bridgehead atoms. The SMILES string of the molecule is Nc1ccc(CCc2nnc(N)s2)cc1. The number of hydrogen-bond donors (Lipinski definition) is 2. The highest BCUT2D eigenvalue weighted by Gasteiger charge is 2.01. The zero-order valence-electron chi connectivity index (χ0n) is 8.18. The van der Waals surface area contributed by atoms with Gasteiger partial charge in [0.15, 0.2) is 0 Å². The van der Waals surface area contributed by atoms with E-state index in [2.05, 4.69) is 10.2 Å². The smallest absolute Gasteiger partial charge is 0.203 e. The minimum absolute atomic E-state index is 0.530. The predicted molar refractivity (Wildman–Crippen MR) is 62.6 cm³/mol. The highest BCUT2D eigenvalue weighted by molar-refractivity contribution is 7.15. The van der Waals surface area contributed by atoms with Crippen molar-refractivity contribution in [2.45, 2.75) is 12.8 Å². The highest BCUT2D eigenvalue weighted by atomic mass is 32.1. The average molecular weight is 220 g/mol. The summed E-state index contributed by atoms with van der Waals surface area (Å²) in [6.45, 7) is 0. The summed E-state index contributed by atoms with van der Waals surface area (Å²) < 4.78 is 0. The first-order chi connectivity index (χ1) is 7.24. The molecule has 5 heteroatoms. The molecule has 1 aromatic heterocycles. The maximum absolute atomic E-state index is 5.60. The molecular formula is C10H12N4S. The zero-order chi connectivity index (χ0) is 10.7. The third kappa shape index (κ3) is 2.66. The van der Waals surface area contributed by atoms with Crippen LogP contribution < -0.4 is 11.5 Å². The van der Waals surface area contributed by atoms with E-state index in [1.54, 1.807) is 0 Å². The summed E-state index contributed by atoms with van der Waals surface area (Å²) in [6, 6.07) is 7.87. The Balaban J connectivity index is 1.96. The molecule has 2 aromatic rings. The van der Waals surface area contributed by atoms with Crippen LogP contribution in [-0.2, 0) is 12.8 Å². The van der Waals surface area contributed by atoms with Crippen molar-refractivity contribution in [1.29, 1.82) is 0 Å². The van der Waals surface area contributed by atoms with Gasteiger partial charge in [-0.05, 0) is 24.1 Å². The van der Waals surface area contributed by atoms with Crippen molar-refractivity contribution in [2.75, 3.05) is 11.5 Å².